The molecule has 0 spiro atoms. The zero-order chi connectivity index (χ0) is 13.1. The van der Waals surface area contributed by atoms with Gasteiger partial charge < -0.3 is 10.6 Å². The Kier molecular flexibility index (Phi) is 3.97. The molecule has 0 atom stereocenters. The van der Waals surface area contributed by atoms with Gasteiger partial charge in [0.15, 0.2) is 0 Å². The van der Waals surface area contributed by atoms with E-state index < -0.39 is 0 Å². The minimum Gasteiger partial charge on any atom is -0.384 e. The second-order valence-electron chi connectivity index (χ2n) is 5.26. The molecule has 0 aromatic heterocycles. The fourth-order valence-corrected chi connectivity index (χ4v) is 2.39. The van der Waals surface area contributed by atoms with E-state index in [-0.39, 0.29) is 11.7 Å². The Balaban J connectivity index is 2.00. The van der Waals surface area contributed by atoms with E-state index in [0.29, 0.717) is 12.1 Å². The maximum absolute atomic E-state index is 13.4. The molecule has 3 nitrogen and oxygen atoms in total. The van der Waals surface area contributed by atoms with Crippen molar-refractivity contribution in [3.63, 3.8) is 0 Å². The standard InChI is InChI=1S/C14H20FN3/c1-18(8-10-3-2-4-10)9-11-5-12(14(16)17)7-13(15)6-11/h5-7,10H,2-4,8-9H2,1H3,(H3,16,17). The first-order valence-corrected chi connectivity index (χ1v) is 6.37. The van der Waals surface area contributed by atoms with Gasteiger partial charge in [0.1, 0.15) is 11.7 Å². The predicted molar refractivity (Wildman–Crippen MR) is 71.1 cm³/mol. The Morgan fingerprint density at radius 1 is 1.44 bits per heavy atom. The highest BCUT2D eigenvalue weighted by molar-refractivity contribution is 5.95. The van der Waals surface area contributed by atoms with Gasteiger partial charge in [-0.05, 0) is 49.6 Å². The number of hydrogen-bond donors (Lipinski definition) is 2. The summed E-state index contributed by atoms with van der Waals surface area (Å²) in [5.74, 6) is 0.392. The van der Waals surface area contributed by atoms with Crippen LogP contribution < -0.4 is 5.73 Å². The minimum absolute atomic E-state index is 0.0857. The molecule has 1 aliphatic rings. The summed E-state index contributed by atoms with van der Waals surface area (Å²) in [5.41, 5.74) is 6.73. The van der Waals surface area contributed by atoms with E-state index >= 15 is 0 Å². The summed E-state index contributed by atoms with van der Waals surface area (Å²) in [6.07, 6.45) is 3.96. The van der Waals surface area contributed by atoms with E-state index in [4.69, 9.17) is 11.1 Å². The summed E-state index contributed by atoms with van der Waals surface area (Å²) in [7, 11) is 2.05. The molecule has 0 heterocycles. The maximum atomic E-state index is 13.4. The monoisotopic (exact) mass is 249 g/mol. The van der Waals surface area contributed by atoms with Gasteiger partial charge in [-0.15, -0.1) is 0 Å². The lowest BCUT2D eigenvalue weighted by Crippen LogP contribution is -2.29. The van der Waals surface area contributed by atoms with Gasteiger partial charge in [-0.25, -0.2) is 4.39 Å². The van der Waals surface area contributed by atoms with Crippen molar-refractivity contribution >= 4 is 5.84 Å². The highest BCUT2D eigenvalue weighted by atomic mass is 19.1. The number of rotatable bonds is 5. The second-order valence-corrected chi connectivity index (χ2v) is 5.26. The van der Waals surface area contributed by atoms with Crippen molar-refractivity contribution in [2.45, 2.75) is 25.8 Å². The van der Waals surface area contributed by atoms with E-state index in [1.807, 2.05) is 0 Å². The minimum atomic E-state index is -0.324. The first-order chi connectivity index (χ1) is 8.54. The van der Waals surface area contributed by atoms with Gasteiger partial charge in [-0.3, -0.25) is 5.41 Å². The first kappa shape index (κ1) is 13.0. The summed E-state index contributed by atoms with van der Waals surface area (Å²) in [6.45, 7) is 1.76. The SMILES string of the molecule is CN(Cc1cc(F)cc(C(=N)N)c1)CC1CCC1. The van der Waals surface area contributed by atoms with Crippen molar-refractivity contribution in [1.82, 2.24) is 4.90 Å². The van der Waals surface area contributed by atoms with Gasteiger partial charge in [0.2, 0.25) is 0 Å². The molecule has 0 aliphatic heterocycles. The fraction of sp³-hybridized carbons (Fsp3) is 0.500. The summed E-state index contributed by atoms with van der Waals surface area (Å²) < 4.78 is 13.4. The number of halogens is 1. The van der Waals surface area contributed by atoms with Crippen LogP contribution in [0.5, 0.6) is 0 Å². The third-order valence-electron chi connectivity index (χ3n) is 3.52. The van der Waals surface area contributed by atoms with Crippen LogP contribution in [0.1, 0.15) is 30.4 Å². The van der Waals surface area contributed by atoms with Crippen molar-refractivity contribution < 1.29 is 4.39 Å². The maximum Gasteiger partial charge on any atom is 0.124 e. The number of hydrogen-bond acceptors (Lipinski definition) is 2. The molecular formula is C14H20FN3. The third-order valence-corrected chi connectivity index (χ3v) is 3.52. The van der Waals surface area contributed by atoms with E-state index in [0.717, 1.165) is 18.0 Å². The van der Waals surface area contributed by atoms with E-state index in [1.165, 1.54) is 31.4 Å². The van der Waals surface area contributed by atoms with Crippen LogP contribution >= 0.6 is 0 Å². The lowest BCUT2D eigenvalue weighted by molar-refractivity contribution is 0.200. The van der Waals surface area contributed by atoms with Crippen LogP contribution in [-0.4, -0.2) is 24.3 Å². The van der Waals surface area contributed by atoms with Crippen LogP contribution in [0.2, 0.25) is 0 Å². The first-order valence-electron chi connectivity index (χ1n) is 6.37. The van der Waals surface area contributed by atoms with Gasteiger partial charge in [-0.1, -0.05) is 6.42 Å². The molecule has 4 heteroatoms. The zero-order valence-electron chi connectivity index (χ0n) is 10.7. The average molecular weight is 249 g/mol. The molecule has 1 aliphatic carbocycles. The van der Waals surface area contributed by atoms with Gasteiger partial charge in [0, 0.05) is 18.7 Å². The van der Waals surface area contributed by atoms with Crippen LogP contribution in [-0.2, 0) is 6.54 Å². The normalized spacial score (nSPS) is 15.7. The quantitative estimate of drug-likeness (QED) is 0.621. The molecule has 1 fully saturated rings. The highest BCUT2D eigenvalue weighted by Gasteiger charge is 2.19. The molecule has 0 radical (unpaired) electrons. The highest BCUT2D eigenvalue weighted by Crippen LogP contribution is 2.27. The molecule has 0 amide bonds. The van der Waals surface area contributed by atoms with Crippen LogP contribution in [0.4, 0.5) is 4.39 Å². The van der Waals surface area contributed by atoms with Gasteiger partial charge in [-0.2, -0.15) is 0 Å². The van der Waals surface area contributed by atoms with Crippen molar-refractivity contribution in [1.29, 1.82) is 5.41 Å². The molecule has 3 N–H and O–H groups in total. The Labute approximate surface area is 107 Å². The van der Waals surface area contributed by atoms with Crippen LogP contribution in [0.3, 0.4) is 0 Å². The summed E-state index contributed by atoms with van der Waals surface area (Å²) >= 11 is 0. The lowest BCUT2D eigenvalue weighted by Gasteiger charge is -2.30. The third kappa shape index (κ3) is 3.29. The van der Waals surface area contributed by atoms with Crippen molar-refractivity contribution in [3.05, 3.63) is 35.1 Å². The predicted octanol–water partition coefficient (Wildman–Crippen LogP) is 2.34. The van der Waals surface area contributed by atoms with E-state index in [1.54, 1.807) is 6.07 Å². The Morgan fingerprint density at radius 2 is 2.17 bits per heavy atom. The number of nitrogens with one attached hydrogen (secondary N) is 1. The number of benzene rings is 1. The lowest BCUT2D eigenvalue weighted by atomic mass is 9.85. The summed E-state index contributed by atoms with van der Waals surface area (Å²) in [5, 5.41) is 7.36. The van der Waals surface area contributed by atoms with Gasteiger partial charge in [0.05, 0.1) is 0 Å². The Bertz CT molecular complexity index is 441. The number of nitrogen functional groups attached to an aromatic ring is 1. The van der Waals surface area contributed by atoms with Crippen LogP contribution in [0.25, 0.3) is 0 Å². The van der Waals surface area contributed by atoms with Gasteiger partial charge in [0.25, 0.3) is 0 Å². The molecule has 98 valence electrons. The Morgan fingerprint density at radius 3 is 2.72 bits per heavy atom. The van der Waals surface area contributed by atoms with E-state index in [9.17, 15) is 4.39 Å². The molecular weight excluding hydrogens is 229 g/mol. The number of amidine groups is 1. The van der Waals surface area contributed by atoms with Crippen molar-refractivity contribution in [2.24, 2.45) is 11.7 Å². The molecule has 18 heavy (non-hydrogen) atoms. The van der Waals surface area contributed by atoms with Gasteiger partial charge >= 0.3 is 0 Å². The Hall–Kier alpha value is -1.42. The smallest absolute Gasteiger partial charge is 0.124 e. The number of nitrogens with zero attached hydrogens (tertiary/aromatic N) is 1. The van der Waals surface area contributed by atoms with Crippen molar-refractivity contribution in [3.8, 4) is 0 Å². The summed E-state index contributed by atoms with van der Waals surface area (Å²) in [6, 6.07) is 4.62. The molecule has 1 aromatic carbocycles. The molecule has 1 saturated carbocycles. The van der Waals surface area contributed by atoms with Crippen LogP contribution in [0.15, 0.2) is 18.2 Å². The fourth-order valence-electron chi connectivity index (χ4n) is 2.39. The summed E-state index contributed by atoms with van der Waals surface area (Å²) in [4.78, 5) is 2.21. The van der Waals surface area contributed by atoms with Crippen LogP contribution in [0, 0.1) is 17.1 Å². The molecule has 0 saturated heterocycles. The molecule has 0 bridgehead atoms. The van der Waals surface area contributed by atoms with Crippen molar-refractivity contribution in [2.75, 3.05) is 13.6 Å². The topological polar surface area (TPSA) is 53.1 Å². The number of nitrogens with two attached hydrogens (primary N) is 1. The molecule has 1 aromatic rings. The largest absolute Gasteiger partial charge is 0.384 e. The van der Waals surface area contributed by atoms with E-state index in [2.05, 4.69) is 11.9 Å². The molecule has 2 rings (SSSR count). The second kappa shape index (κ2) is 5.48. The molecule has 0 unspecified atom stereocenters. The zero-order valence-corrected chi connectivity index (χ0v) is 10.7. The average Bonchev–Trinajstić information content (AvgIpc) is 2.22.